The lowest BCUT2D eigenvalue weighted by molar-refractivity contribution is -0.137. The van der Waals surface area contributed by atoms with Crippen LogP contribution in [0.15, 0.2) is 42.5 Å². The highest BCUT2D eigenvalue weighted by molar-refractivity contribution is 5.94. The summed E-state index contributed by atoms with van der Waals surface area (Å²) in [5.41, 5.74) is 4.85. The third-order valence-corrected chi connectivity index (χ3v) is 6.48. The lowest BCUT2D eigenvalue weighted by atomic mass is 9.97. The van der Waals surface area contributed by atoms with Crippen LogP contribution < -0.4 is 4.90 Å². The first-order chi connectivity index (χ1) is 16.5. The van der Waals surface area contributed by atoms with E-state index in [1.54, 1.807) is 4.90 Å². The van der Waals surface area contributed by atoms with E-state index in [0.717, 1.165) is 29.2 Å². The molecule has 8 heteroatoms. The number of hydrogen-bond donors (Lipinski definition) is 0. The van der Waals surface area contributed by atoms with Crippen LogP contribution in [0.3, 0.4) is 0 Å². The first-order valence-electron chi connectivity index (χ1n) is 11.6. The SMILES string of the molecule is Cc1ccc(C)c(Cc2c(C)nc(C)nc2N2CCN(C(=O)c3cccc(C(F)(F)F)c3)CC2)c1. The number of hydrogen-bond acceptors (Lipinski definition) is 4. The molecule has 1 saturated heterocycles. The Morgan fingerprint density at radius 3 is 2.34 bits per heavy atom. The van der Waals surface area contributed by atoms with Crippen LogP contribution in [0.2, 0.25) is 0 Å². The number of alkyl halides is 3. The standard InChI is InChI=1S/C27H29F3N4O/c1-17-8-9-18(2)22(14-17)16-24-19(3)31-20(4)32-25(24)33-10-12-34(13-11-33)26(35)21-6-5-7-23(15-21)27(28,29)30/h5-9,14-15H,10-13,16H2,1-4H3. The topological polar surface area (TPSA) is 49.3 Å². The molecule has 0 spiro atoms. The van der Waals surface area contributed by atoms with Gasteiger partial charge in [0.1, 0.15) is 11.6 Å². The van der Waals surface area contributed by atoms with Gasteiger partial charge in [-0.05, 0) is 57.0 Å². The van der Waals surface area contributed by atoms with Gasteiger partial charge in [0.15, 0.2) is 0 Å². The van der Waals surface area contributed by atoms with E-state index < -0.39 is 11.7 Å². The summed E-state index contributed by atoms with van der Waals surface area (Å²) in [7, 11) is 0. The Labute approximate surface area is 203 Å². The van der Waals surface area contributed by atoms with Gasteiger partial charge in [-0.25, -0.2) is 9.97 Å². The average Bonchev–Trinajstić information content (AvgIpc) is 2.82. The number of carbonyl (C=O) groups is 1. The van der Waals surface area contributed by atoms with E-state index in [2.05, 4.69) is 41.9 Å². The summed E-state index contributed by atoms with van der Waals surface area (Å²) < 4.78 is 39.2. The van der Waals surface area contributed by atoms with E-state index in [0.29, 0.717) is 38.4 Å². The summed E-state index contributed by atoms with van der Waals surface area (Å²) in [5.74, 6) is 1.16. The largest absolute Gasteiger partial charge is 0.416 e. The highest BCUT2D eigenvalue weighted by Gasteiger charge is 2.32. The maximum absolute atomic E-state index is 13.1. The maximum Gasteiger partial charge on any atom is 0.416 e. The lowest BCUT2D eigenvalue weighted by Gasteiger charge is -2.36. The predicted octanol–water partition coefficient (Wildman–Crippen LogP) is 5.28. The number of benzene rings is 2. The Hall–Kier alpha value is -3.42. The van der Waals surface area contributed by atoms with Crippen LogP contribution >= 0.6 is 0 Å². The summed E-state index contributed by atoms with van der Waals surface area (Å²) in [4.78, 5) is 26.0. The number of anilines is 1. The molecule has 2 heterocycles. The molecule has 4 rings (SSSR count). The first-order valence-corrected chi connectivity index (χ1v) is 11.6. The summed E-state index contributed by atoms with van der Waals surface area (Å²) in [6.45, 7) is 9.92. The van der Waals surface area contributed by atoms with Crippen molar-refractivity contribution < 1.29 is 18.0 Å². The molecule has 0 bridgehead atoms. The third kappa shape index (κ3) is 5.47. The summed E-state index contributed by atoms with van der Waals surface area (Å²) >= 11 is 0. The van der Waals surface area contributed by atoms with Crippen molar-refractivity contribution in [3.63, 3.8) is 0 Å². The number of aryl methyl sites for hydroxylation is 4. The average molecular weight is 483 g/mol. The summed E-state index contributed by atoms with van der Waals surface area (Å²) in [6, 6.07) is 11.0. The highest BCUT2D eigenvalue weighted by Crippen LogP contribution is 2.30. The van der Waals surface area contributed by atoms with Crippen LogP contribution in [0.5, 0.6) is 0 Å². The lowest BCUT2D eigenvalue weighted by Crippen LogP contribution is -2.49. The fourth-order valence-corrected chi connectivity index (χ4v) is 4.50. The Bertz CT molecular complexity index is 1250. The van der Waals surface area contributed by atoms with Crippen LogP contribution in [-0.2, 0) is 12.6 Å². The number of amides is 1. The Balaban J connectivity index is 1.54. The quantitative estimate of drug-likeness (QED) is 0.508. The molecule has 3 aromatic rings. The number of piperazine rings is 1. The molecule has 0 N–H and O–H groups in total. The molecule has 1 fully saturated rings. The van der Waals surface area contributed by atoms with Crippen molar-refractivity contribution in [3.05, 3.63) is 87.4 Å². The van der Waals surface area contributed by atoms with Crippen molar-refractivity contribution in [1.29, 1.82) is 0 Å². The molecule has 0 unspecified atom stereocenters. The monoisotopic (exact) mass is 482 g/mol. The minimum absolute atomic E-state index is 0.0533. The van der Waals surface area contributed by atoms with Gasteiger partial charge in [-0.2, -0.15) is 13.2 Å². The molecule has 0 saturated carbocycles. The van der Waals surface area contributed by atoms with Crippen molar-refractivity contribution in [2.45, 2.75) is 40.3 Å². The van der Waals surface area contributed by atoms with E-state index in [1.807, 2.05) is 13.8 Å². The van der Waals surface area contributed by atoms with Crippen molar-refractivity contribution in [1.82, 2.24) is 14.9 Å². The molecular weight excluding hydrogens is 453 g/mol. The van der Waals surface area contributed by atoms with Gasteiger partial charge in [0, 0.05) is 49.4 Å². The van der Waals surface area contributed by atoms with E-state index in [1.165, 1.54) is 28.8 Å². The van der Waals surface area contributed by atoms with Crippen LogP contribution in [-0.4, -0.2) is 47.0 Å². The number of aromatic nitrogens is 2. The van der Waals surface area contributed by atoms with Gasteiger partial charge in [0.2, 0.25) is 0 Å². The molecule has 1 aliphatic heterocycles. The molecule has 0 atom stereocenters. The van der Waals surface area contributed by atoms with Gasteiger partial charge in [0.05, 0.1) is 5.56 Å². The number of carbonyl (C=O) groups excluding carboxylic acids is 1. The normalized spacial score (nSPS) is 14.4. The maximum atomic E-state index is 13.1. The van der Waals surface area contributed by atoms with Gasteiger partial charge in [-0.15, -0.1) is 0 Å². The highest BCUT2D eigenvalue weighted by atomic mass is 19.4. The zero-order valence-corrected chi connectivity index (χ0v) is 20.4. The van der Waals surface area contributed by atoms with Crippen molar-refractivity contribution in [2.75, 3.05) is 31.1 Å². The van der Waals surface area contributed by atoms with Gasteiger partial charge in [0.25, 0.3) is 5.91 Å². The Morgan fingerprint density at radius 1 is 0.943 bits per heavy atom. The Kier molecular flexibility index (Phi) is 6.83. The zero-order valence-electron chi connectivity index (χ0n) is 20.4. The van der Waals surface area contributed by atoms with E-state index in [9.17, 15) is 18.0 Å². The first kappa shape index (κ1) is 24.7. The molecule has 35 heavy (non-hydrogen) atoms. The van der Waals surface area contributed by atoms with Crippen LogP contribution in [0, 0.1) is 27.7 Å². The van der Waals surface area contributed by atoms with Crippen molar-refractivity contribution in [2.24, 2.45) is 0 Å². The number of halogens is 3. The second-order valence-corrected chi connectivity index (χ2v) is 9.12. The van der Waals surface area contributed by atoms with Crippen molar-refractivity contribution in [3.8, 4) is 0 Å². The zero-order chi connectivity index (χ0) is 25.3. The van der Waals surface area contributed by atoms with Gasteiger partial charge < -0.3 is 9.80 Å². The smallest absolute Gasteiger partial charge is 0.353 e. The molecule has 1 amide bonds. The minimum Gasteiger partial charge on any atom is -0.353 e. The molecule has 1 aliphatic rings. The molecule has 1 aromatic heterocycles. The molecular formula is C27H29F3N4O. The summed E-state index contributed by atoms with van der Waals surface area (Å²) in [6.07, 6.45) is -3.78. The molecule has 2 aromatic carbocycles. The third-order valence-electron chi connectivity index (χ3n) is 6.48. The fourth-order valence-electron chi connectivity index (χ4n) is 4.50. The number of nitrogens with zero attached hydrogens (tertiary/aromatic N) is 4. The minimum atomic E-state index is -4.48. The van der Waals surface area contributed by atoms with Gasteiger partial charge in [-0.1, -0.05) is 29.8 Å². The van der Waals surface area contributed by atoms with Crippen LogP contribution in [0.1, 0.15) is 49.7 Å². The second kappa shape index (κ2) is 9.68. The van der Waals surface area contributed by atoms with Crippen LogP contribution in [0.4, 0.5) is 19.0 Å². The predicted molar refractivity (Wildman–Crippen MR) is 130 cm³/mol. The molecule has 0 aliphatic carbocycles. The van der Waals surface area contributed by atoms with E-state index >= 15 is 0 Å². The number of rotatable bonds is 4. The molecule has 5 nitrogen and oxygen atoms in total. The second-order valence-electron chi connectivity index (χ2n) is 9.12. The van der Waals surface area contributed by atoms with Gasteiger partial charge >= 0.3 is 6.18 Å². The summed E-state index contributed by atoms with van der Waals surface area (Å²) in [5, 5.41) is 0. The molecule has 0 radical (unpaired) electrons. The van der Waals surface area contributed by atoms with E-state index in [-0.39, 0.29) is 11.5 Å². The fraction of sp³-hybridized carbons (Fsp3) is 0.370. The van der Waals surface area contributed by atoms with Crippen LogP contribution in [0.25, 0.3) is 0 Å². The van der Waals surface area contributed by atoms with E-state index in [4.69, 9.17) is 4.98 Å². The Morgan fingerprint density at radius 2 is 1.66 bits per heavy atom. The van der Waals surface area contributed by atoms with Gasteiger partial charge in [-0.3, -0.25) is 4.79 Å². The van der Waals surface area contributed by atoms with Crippen molar-refractivity contribution >= 4 is 11.7 Å². The molecule has 184 valence electrons.